The van der Waals surface area contributed by atoms with Gasteiger partial charge in [-0.15, -0.1) is 5.10 Å². The molecule has 2 aromatic carbocycles. The zero-order valence-electron chi connectivity index (χ0n) is 15.3. The number of ether oxygens (including phenoxy) is 1. The molecule has 0 atom stereocenters. The number of hydrogen-bond acceptors (Lipinski definition) is 5. The molecule has 28 heavy (non-hydrogen) atoms. The zero-order chi connectivity index (χ0) is 19.5. The zero-order valence-corrected chi connectivity index (χ0v) is 15.3. The summed E-state index contributed by atoms with van der Waals surface area (Å²) in [6.45, 7) is 0.523. The fourth-order valence-electron chi connectivity index (χ4n) is 3.11. The third-order valence-corrected chi connectivity index (χ3v) is 4.53. The van der Waals surface area contributed by atoms with Crippen LogP contribution >= 0.6 is 0 Å². The topological polar surface area (TPSA) is 98.1 Å². The lowest BCUT2D eigenvalue weighted by Gasteiger charge is -2.20. The first-order chi connectivity index (χ1) is 13.6. The monoisotopic (exact) mass is 377 g/mol. The average molecular weight is 377 g/mol. The summed E-state index contributed by atoms with van der Waals surface area (Å²) in [5, 5.41) is 13.6. The van der Waals surface area contributed by atoms with Gasteiger partial charge in [0, 0.05) is 12.1 Å². The van der Waals surface area contributed by atoms with Crippen LogP contribution in [0.2, 0.25) is 0 Å². The number of anilines is 2. The van der Waals surface area contributed by atoms with Crippen molar-refractivity contribution >= 4 is 23.2 Å². The number of methoxy groups -OCH3 is 1. The Bertz CT molecular complexity index is 1030. The van der Waals surface area contributed by atoms with E-state index in [0.717, 1.165) is 11.1 Å². The molecule has 1 aliphatic heterocycles. The Morgan fingerprint density at radius 2 is 2.07 bits per heavy atom. The van der Waals surface area contributed by atoms with Crippen molar-refractivity contribution < 1.29 is 14.3 Å². The van der Waals surface area contributed by atoms with E-state index in [9.17, 15) is 9.59 Å². The minimum atomic E-state index is -0.403. The third-order valence-electron chi connectivity index (χ3n) is 4.53. The van der Waals surface area contributed by atoms with Crippen LogP contribution in [0.15, 0.2) is 48.7 Å². The molecule has 0 fully saturated rings. The number of carbonyl (C=O) groups excluding carboxylic acids is 2. The number of aryl methyl sites for hydroxylation is 1. The second kappa shape index (κ2) is 7.51. The highest BCUT2D eigenvalue weighted by atomic mass is 16.5. The summed E-state index contributed by atoms with van der Waals surface area (Å²) in [5.41, 5.74) is 3.38. The summed E-state index contributed by atoms with van der Waals surface area (Å²) >= 11 is 0. The van der Waals surface area contributed by atoms with Gasteiger partial charge in [-0.3, -0.25) is 9.59 Å². The fourth-order valence-corrected chi connectivity index (χ4v) is 3.11. The molecule has 0 saturated carbocycles. The molecule has 0 bridgehead atoms. The van der Waals surface area contributed by atoms with Gasteiger partial charge < -0.3 is 15.4 Å². The Hall–Kier alpha value is -3.68. The van der Waals surface area contributed by atoms with Crippen molar-refractivity contribution in [3.8, 4) is 5.75 Å². The minimum Gasteiger partial charge on any atom is -0.495 e. The van der Waals surface area contributed by atoms with Gasteiger partial charge in [0.1, 0.15) is 5.75 Å². The number of carbonyl (C=O) groups is 2. The van der Waals surface area contributed by atoms with E-state index < -0.39 is 5.91 Å². The maximum atomic E-state index is 12.6. The Kier molecular flexibility index (Phi) is 4.76. The molecule has 4 rings (SSSR count). The van der Waals surface area contributed by atoms with Gasteiger partial charge in [0.25, 0.3) is 5.91 Å². The number of nitrogens with zero attached hydrogens (tertiary/aromatic N) is 3. The van der Waals surface area contributed by atoms with Gasteiger partial charge in [0.05, 0.1) is 25.5 Å². The lowest BCUT2D eigenvalue weighted by atomic mass is 10.0. The van der Waals surface area contributed by atoms with Gasteiger partial charge in [-0.25, -0.2) is 4.68 Å². The Balaban J connectivity index is 1.52. The standard InChI is InChI=1S/C20H19N5O3/c1-28-18-9-14-7-8-19(26)21-15(14)10-16(18)22-20(27)17-12-25(24-23-17)11-13-5-3-2-4-6-13/h2-6,9-10,12H,7-8,11H2,1H3,(H,21,26)(H,22,27). The maximum Gasteiger partial charge on any atom is 0.277 e. The van der Waals surface area contributed by atoms with Crippen LogP contribution in [0.5, 0.6) is 5.75 Å². The number of rotatable bonds is 5. The second-order valence-corrected chi connectivity index (χ2v) is 6.50. The van der Waals surface area contributed by atoms with Crippen molar-refractivity contribution in [3.63, 3.8) is 0 Å². The predicted octanol–water partition coefficient (Wildman–Crippen LogP) is 2.47. The highest BCUT2D eigenvalue weighted by molar-refractivity contribution is 6.04. The van der Waals surface area contributed by atoms with Crippen LogP contribution in [-0.2, 0) is 17.8 Å². The van der Waals surface area contributed by atoms with Crippen LogP contribution in [-0.4, -0.2) is 33.9 Å². The van der Waals surface area contributed by atoms with Crippen LogP contribution < -0.4 is 15.4 Å². The number of benzene rings is 2. The summed E-state index contributed by atoms with van der Waals surface area (Å²) in [5.74, 6) is 0.0819. The lowest BCUT2D eigenvalue weighted by molar-refractivity contribution is -0.116. The molecule has 0 saturated heterocycles. The summed E-state index contributed by atoms with van der Waals surface area (Å²) in [6, 6.07) is 13.3. The Labute approximate surface area is 161 Å². The van der Waals surface area contributed by atoms with E-state index in [-0.39, 0.29) is 11.6 Å². The SMILES string of the molecule is COc1cc2c(cc1NC(=O)c1cn(Cc3ccccc3)nn1)NC(=O)CC2. The first kappa shape index (κ1) is 17.7. The van der Waals surface area contributed by atoms with E-state index >= 15 is 0 Å². The average Bonchev–Trinajstić information content (AvgIpc) is 3.17. The molecule has 142 valence electrons. The van der Waals surface area contributed by atoms with Crippen LogP contribution in [0.1, 0.15) is 28.0 Å². The summed E-state index contributed by atoms with van der Waals surface area (Å²) < 4.78 is 7.00. The molecule has 2 heterocycles. The van der Waals surface area contributed by atoms with Gasteiger partial charge in [-0.1, -0.05) is 35.5 Å². The van der Waals surface area contributed by atoms with Crippen molar-refractivity contribution in [2.24, 2.45) is 0 Å². The highest BCUT2D eigenvalue weighted by Gasteiger charge is 2.20. The number of aromatic nitrogens is 3. The molecule has 1 aromatic heterocycles. The molecule has 0 spiro atoms. The second-order valence-electron chi connectivity index (χ2n) is 6.50. The molecular formula is C20H19N5O3. The van der Waals surface area contributed by atoms with Crippen LogP contribution in [0.4, 0.5) is 11.4 Å². The molecule has 0 radical (unpaired) electrons. The van der Waals surface area contributed by atoms with Crippen LogP contribution in [0, 0.1) is 0 Å². The first-order valence-electron chi connectivity index (χ1n) is 8.88. The first-order valence-corrected chi connectivity index (χ1v) is 8.88. The van der Waals surface area contributed by atoms with Gasteiger partial charge >= 0.3 is 0 Å². The third kappa shape index (κ3) is 3.71. The van der Waals surface area contributed by atoms with E-state index in [1.807, 2.05) is 36.4 Å². The lowest BCUT2D eigenvalue weighted by Crippen LogP contribution is -2.20. The summed E-state index contributed by atoms with van der Waals surface area (Å²) in [6.07, 6.45) is 2.67. The molecule has 0 unspecified atom stereocenters. The molecule has 2 N–H and O–H groups in total. The normalized spacial score (nSPS) is 12.8. The largest absolute Gasteiger partial charge is 0.495 e. The van der Waals surface area contributed by atoms with Crippen molar-refractivity contribution in [3.05, 3.63) is 65.5 Å². The maximum absolute atomic E-state index is 12.6. The van der Waals surface area contributed by atoms with Crippen molar-refractivity contribution in [2.75, 3.05) is 17.7 Å². The smallest absolute Gasteiger partial charge is 0.277 e. The van der Waals surface area contributed by atoms with E-state index in [1.54, 1.807) is 16.9 Å². The Morgan fingerprint density at radius 1 is 1.25 bits per heavy atom. The Morgan fingerprint density at radius 3 is 2.86 bits per heavy atom. The van der Waals surface area contributed by atoms with Crippen LogP contribution in [0.25, 0.3) is 0 Å². The van der Waals surface area contributed by atoms with Gasteiger partial charge in [-0.05, 0) is 29.7 Å². The highest BCUT2D eigenvalue weighted by Crippen LogP contribution is 2.34. The molecule has 8 nitrogen and oxygen atoms in total. The minimum absolute atomic E-state index is 0.0428. The quantitative estimate of drug-likeness (QED) is 0.712. The van der Waals surface area contributed by atoms with Crippen molar-refractivity contribution in [1.82, 2.24) is 15.0 Å². The van der Waals surface area contributed by atoms with E-state index in [4.69, 9.17) is 4.74 Å². The van der Waals surface area contributed by atoms with E-state index in [1.165, 1.54) is 7.11 Å². The molecular weight excluding hydrogens is 358 g/mol. The van der Waals surface area contributed by atoms with Crippen molar-refractivity contribution in [1.29, 1.82) is 0 Å². The number of amides is 2. The molecule has 2 amide bonds. The molecule has 3 aromatic rings. The van der Waals surface area contributed by atoms with E-state index in [2.05, 4.69) is 20.9 Å². The summed E-state index contributed by atoms with van der Waals surface area (Å²) in [4.78, 5) is 24.2. The number of nitrogens with one attached hydrogen (secondary N) is 2. The van der Waals surface area contributed by atoms with Crippen LogP contribution in [0.3, 0.4) is 0 Å². The number of hydrogen-bond donors (Lipinski definition) is 2. The summed E-state index contributed by atoms with van der Waals surface area (Å²) in [7, 11) is 1.54. The van der Waals surface area contributed by atoms with Crippen molar-refractivity contribution in [2.45, 2.75) is 19.4 Å². The molecule has 0 aliphatic carbocycles. The van der Waals surface area contributed by atoms with Gasteiger partial charge in [-0.2, -0.15) is 0 Å². The molecule has 8 heteroatoms. The predicted molar refractivity (Wildman–Crippen MR) is 103 cm³/mol. The van der Waals surface area contributed by atoms with Gasteiger partial charge in [0.15, 0.2) is 5.69 Å². The van der Waals surface area contributed by atoms with E-state index in [0.29, 0.717) is 36.5 Å². The van der Waals surface area contributed by atoms with Gasteiger partial charge in [0.2, 0.25) is 5.91 Å². The fraction of sp³-hybridized carbons (Fsp3) is 0.200. The molecule has 1 aliphatic rings. The number of fused-ring (bicyclic) bond motifs is 1.